The lowest BCUT2D eigenvalue weighted by Gasteiger charge is -2.10. The van der Waals surface area contributed by atoms with E-state index in [1.807, 2.05) is 4.57 Å². The van der Waals surface area contributed by atoms with E-state index < -0.39 is 6.36 Å². The van der Waals surface area contributed by atoms with Crippen LogP contribution >= 0.6 is 0 Å². The van der Waals surface area contributed by atoms with Gasteiger partial charge < -0.3 is 14.0 Å². The summed E-state index contributed by atoms with van der Waals surface area (Å²) in [6.07, 6.45) is -1.46. The highest BCUT2D eigenvalue weighted by molar-refractivity contribution is 5.77. The largest absolute Gasteiger partial charge is 0.573 e. The van der Waals surface area contributed by atoms with E-state index in [0.29, 0.717) is 24.6 Å². The zero-order valence-corrected chi connectivity index (χ0v) is 12.2. The zero-order chi connectivity index (χ0) is 15.7. The molecule has 3 rings (SSSR count). The van der Waals surface area contributed by atoms with Gasteiger partial charge in [-0.3, -0.25) is 0 Å². The van der Waals surface area contributed by atoms with E-state index in [0.717, 1.165) is 17.8 Å². The number of benzene rings is 1. The van der Waals surface area contributed by atoms with E-state index in [4.69, 9.17) is 4.74 Å². The van der Waals surface area contributed by atoms with Crippen molar-refractivity contribution in [1.82, 2.24) is 9.55 Å². The van der Waals surface area contributed by atoms with Gasteiger partial charge in [-0.25, -0.2) is 4.98 Å². The second kappa shape index (κ2) is 5.79. The molecule has 1 fully saturated rings. The molecule has 1 saturated carbocycles. The van der Waals surface area contributed by atoms with E-state index in [2.05, 4.69) is 9.72 Å². The predicted octanol–water partition coefficient (Wildman–Crippen LogP) is 3.53. The molecule has 0 amide bonds. The van der Waals surface area contributed by atoms with Crippen LogP contribution in [0.1, 0.15) is 18.7 Å². The van der Waals surface area contributed by atoms with Gasteiger partial charge in [-0.15, -0.1) is 13.2 Å². The smallest absolute Gasteiger partial charge is 0.406 e. The molecule has 0 unspecified atom stereocenters. The SMILES string of the molecule is COCCn1c(CC2CC2)nc2cc(OC(F)(F)F)ccc21. The van der Waals surface area contributed by atoms with Gasteiger partial charge in [0.25, 0.3) is 0 Å². The van der Waals surface area contributed by atoms with Crippen molar-refractivity contribution in [1.29, 1.82) is 0 Å². The van der Waals surface area contributed by atoms with Gasteiger partial charge >= 0.3 is 6.36 Å². The van der Waals surface area contributed by atoms with Crippen molar-refractivity contribution < 1.29 is 22.6 Å². The summed E-state index contributed by atoms with van der Waals surface area (Å²) in [7, 11) is 1.62. The Morgan fingerprint density at radius 2 is 2.09 bits per heavy atom. The van der Waals surface area contributed by atoms with Crippen LogP contribution in [-0.2, 0) is 17.7 Å². The van der Waals surface area contributed by atoms with Crippen LogP contribution in [0.25, 0.3) is 11.0 Å². The molecule has 120 valence electrons. The molecule has 1 aromatic heterocycles. The molecule has 1 aliphatic carbocycles. The Balaban J connectivity index is 1.94. The van der Waals surface area contributed by atoms with E-state index in [1.54, 1.807) is 13.2 Å². The van der Waals surface area contributed by atoms with E-state index in [-0.39, 0.29) is 5.75 Å². The first-order chi connectivity index (χ1) is 10.5. The lowest BCUT2D eigenvalue weighted by atomic mass is 10.3. The Bertz CT molecular complexity index is 663. The first-order valence-corrected chi connectivity index (χ1v) is 7.20. The number of aromatic nitrogens is 2. The summed E-state index contributed by atoms with van der Waals surface area (Å²) in [6, 6.07) is 4.28. The van der Waals surface area contributed by atoms with Crippen molar-refractivity contribution in [3.8, 4) is 5.75 Å². The fourth-order valence-electron chi connectivity index (χ4n) is 2.52. The minimum Gasteiger partial charge on any atom is -0.406 e. The molecule has 0 N–H and O–H groups in total. The number of nitrogens with zero attached hydrogens (tertiary/aromatic N) is 2. The lowest BCUT2D eigenvalue weighted by Crippen LogP contribution is -2.17. The lowest BCUT2D eigenvalue weighted by molar-refractivity contribution is -0.274. The Morgan fingerprint density at radius 3 is 2.73 bits per heavy atom. The highest BCUT2D eigenvalue weighted by Gasteiger charge is 2.31. The van der Waals surface area contributed by atoms with Crippen molar-refractivity contribution in [3.63, 3.8) is 0 Å². The normalized spacial score (nSPS) is 15.5. The second-order valence-corrected chi connectivity index (χ2v) is 5.52. The van der Waals surface area contributed by atoms with Crippen molar-refractivity contribution in [2.45, 2.75) is 32.2 Å². The molecule has 4 nitrogen and oxygen atoms in total. The molecule has 0 bridgehead atoms. The molecule has 1 aliphatic rings. The molecular weight excluding hydrogens is 297 g/mol. The van der Waals surface area contributed by atoms with Gasteiger partial charge in [0.15, 0.2) is 0 Å². The monoisotopic (exact) mass is 314 g/mol. The summed E-state index contributed by atoms with van der Waals surface area (Å²) in [5.41, 5.74) is 1.33. The molecule has 22 heavy (non-hydrogen) atoms. The molecule has 0 atom stereocenters. The maximum atomic E-state index is 12.3. The second-order valence-electron chi connectivity index (χ2n) is 5.52. The summed E-state index contributed by atoms with van der Waals surface area (Å²) in [5, 5.41) is 0. The van der Waals surface area contributed by atoms with Crippen LogP contribution in [0.2, 0.25) is 0 Å². The van der Waals surface area contributed by atoms with Gasteiger partial charge in [-0.1, -0.05) is 0 Å². The van der Waals surface area contributed by atoms with E-state index in [9.17, 15) is 13.2 Å². The molecular formula is C15H17F3N2O2. The number of halogens is 3. The van der Waals surface area contributed by atoms with Gasteiger partial charge in [-0.05, 0) is 30.9 Å². The first kappa shape index (κ1) is 15.1. The standard InChI is InChI=1S/C15H17F3N2O2/c1-21-7-6-20-13-5-4-11(22-15(16,17)18)9-12(13)19-14(20)8-10-2-3-10/h4-5,9-10H,2-3,6-8H2,1H3. The van der Waals surface area contributed by atoms with Gasteiger partial charge in [0.1, 0.15) is 11.6 Å². The summed E-state index contributed by atoms with van der Waals surface area (Å²) in [5.74, 6) is 1.30. The van der Waals surface area contributed by atoms with Crippen LogP contribution in [0.4, 0.5) is 13.2 Å². The molecule has 0 spiro atoms. The molecule has 2 aromatic rings. The summed E-state index contributed by atoms with van der Waals surface area (Å²) in [4.78, 5) is 4.50. The fraction of sp³-hybridized carbons (Fsp3) is 0.533. The van der Waals surface area contributed by atoms with Crippen LogP contribution in [0.5, 0.6) is 5.75 Å². The summed E-state index contributed by atoms with van der Waals surface area (Å²) >= 11 is 0. The van der Waals surface area contributed by atoms with Crippen LogP contribution in [0.15, 0.2) is 18.2 Å². The number of hydrogen-bond donors (Lipinski definition) is 0. The van der Waals surface area contributed by atoms with E-state index in [1.165, 1.54) is 25.0 Å². The number of imidazole rings is 1. The van der Waals surface area contributed by atoms with Gasteiger partial charge in [-0.2, -0.15) is 0 Å². The fourth-order valence-corrected chi connectivity index (χ4v) is 2.52. The minimum absolute atomic E-state index is 0.241. The van der Waals surface area contributed by atoms with Gasteiger partial charge in [0, 0.05) is 26.1 Å². The first-order valence-electron chi connectivity index (χ1n) is 7.20. The van der Waals surface area contributed by atoms with Crippen LogP contribution < -0.4 is 4.74 Å². The molecule has 0 saturated heterocycles. The van der Waals surface area contributed by atoms with Crippen molar-refractivity contribution in [2.24, 2.45) is 5.92 Å². The Morgan fingerprint density at radius 1 is 1.32 bits per heavy atom. The van der Waals surface area contributed by atoms with Crippen molar-refractivity contribution >= 4 is 11.0 Å². The van der Waals surface area contributed by atoms with Crippen LogP contribution in [-0.4, -0.2) is 29.6 Å². The van der Waals surface area contributed by atoms with E-state index >= 15 is 0 Å². The topological polar surface area (TPSA) is 36.3 Å². The number of fused-ring (bicyclic) bond motifs is 1. The summed E-state index contributed by atoms with van der Waals surface area (Å²) in [6.45, 7) is 1.17. The minimum atomic E-state index is -4.69. The molecule has 0 aliphatic heterocycles. The maximum Gasteiger partial charge on any atom is 0.573 e. The number of hydrogen-bond acceptors (Lipinski definition) is 3. The number of methoxy groups -OCH3 is 1. The third-order valence-corrected chi connectivity index (χ3v) is 3.72. The zero-order valence-electron chi connectivity index (χ0n) is 12.2. The van der Waals surface area contributed by atoms with Crippen LogP contribution in [0.3, 0.4) is 0 Å². The van der Waals surface area contributed by atoms with Gasteiger partial charge in [0.05, 0.1) is 17.6 Å². The molecule has 1 aromatic carbocycles. The maximum absolute atomic E-state index is 12.3. The predicted molar refractivity (Wildman–Crippen MR) is 74.7 cm³/mol. The number of rotatable bonds is 6. The highest BCUT2D eigenvalue weighted by Crippen LogP contribution is 2.34. The third-order valence-electron chi connectivity index (χ3n) is 3.72. The number of ether oxygens (including phenoxy) is 2. The van der Waals surface area contributed by atoms with Crippen LogP contribution in [0, 0.1) is 5.92 Å². The molecule has 0 radical (unpaired) electrons. The summed E-state index contributed by atoms with van der Waals surface area (Å²) < 4.78 is 48.0. The molecule has 7 heteroatoms. The Hall–Kier alpha value is -1.76. The average molecular weight is 314 g/mol. The quantitative estimate of drug-likeness (QED) is 0.818. The molecule has 1 heterocycles. The Kier molecular flexibility index (Phi) is 3.99. The van der Waals surface area contributed by atoms with Crippen molar-refractivity contribution in [3.05, 3.63) is 24.0 Å². The number of alkyl halides is 3. The van der Waals surface area contributed by atoms with Gasteiger partial charge in [0.2, 0.25) is 0 Å². The average Bonchev–Trinajstić information content (AvgIpc) is 3.16. The Labute approximate surface area is 125 Å². The highest BCUT2D eigenvalue weighted by atomic mass is 19.4. The third kappa shape index (κ3) is 3.52. The van der Waals surface area contributed by atoms with Crippen molar-refractivity contribution in [2.75, 3.05) is 13.7 Å².